The number of rotatable bonds is 7. The molecule has 2 N–H and O–H groups in total. The van der Waals surface area contributed by atoms with E-state index in [-0.39, 0.29) is 24.8 Å². The molecule has 0 saturated heterocycles. The number of aliphatic carboxylic acids is 1. The fraction of sp³-hybridized carbons (Fsp3) is 0.429. The number of amides is 1. The van der Waals surface area contributed by atoms with E-state index >= 15 is 0 Å². The lowest BCUT2D eigenvalue weighted by molar-refractivity contribution is -0.137. The van der Waals surface area contributed by atoms with E-state index in [1.54, 1.807) is 18.2 Å². The van der Waals surface area contributed by atoms with Crippen LogP contribution in [0.15, 0.2) is 18.2 Å². The molecule has 1 amide bonds. The number of hydrogen-bond acceptors (Lipinski definition) is 2. The molecule has 0 aromatic heterocycles. The number of carbonyl (C=O) groups excluding carboxylic acids is 1. The van der Waals surface area contributed by atoms with Crippen LogP contribution in [0.25, 0.3) is 0 Å². The predicted molar refractivity (Wildman–Crippen MR) is 79.3 cm³/mol. The minimum atomic E-state index is -0.820. The summed E-state index contributed by atoms with van der Waals surface area (Å²) in [6, 6.07) is 5.02. The van der Waals surface area contributed by atoms with Crippen LogP contribution in [0.3, 0.4) is 0 Å². The Balaban J connectivity index is 2.38. The number of benzene rings is 1. The van der Waals surface area contributed by atoms with Crippen molar-refractivity contribution >= 4 is 35.1 Å². The van der Waals surface area contributed by atoms with Crippen molar-refractivity contribution < 1.29 is 14.7 Å². The van der Waals surface area contributed by atoms with E-state index < -0.39 is 5.97 Å². The van der Waals surface area contributed by atoms with Crippen LogP contribution in [0.1, 0.15) is 31.7 Å². The van der Waals surface area contributed by atoms with Crippen molar-refractivity contribution in [3.05, 3.63) is 33.8 Å². The molecule has 0 fully saturated rings. The average molecular weight is 318 g/mol. The topological polar surface area (TPSA) is 66.4 Å². The van der Waals surface area contributed by atoms with E-state index in [2.05, 4.69) is 5.32 Å². The molecule has 0 heterocycles. The van der Waals surface area contributed by atoms with Crippen molar-refractivity contribution in [2.45, 2.75) is 38.6 Å². The first-order chi connectivity index (χ1) is 9.38. The molecule has 0 radical (unpaired) electrons. The molecule has 1 unspecified atom stereocenters. The summed E-state index contributed by atoms with van der Waals surface area (Å²) >= 11 is 11.7. The van der Waals surface area contributed by atoms with E-state index in [1.807, 2.05) is 6.92 Å². The number of carboxylic acid groups (broad SMARTS) is 1. The molecule has 0 aliphatic carbocycles. The third-order valence-electron chi connectivity index (χ3n) is 2.78. The first-order valence-electron chi connectivity index (χ1n) is 6.33. The minimum Gasteiger partial charge on any atom is -0.481 e. The van der Waals surface area contributed by atoms with E-state index in [9.17, 15) is 9.59 Å². The Kier molecular flexibility index (Phi) is 6.82. The number of nitrogens with one attached hydrogen (secondary N) is 1. The summed E-state index contributed by atoms with van der Waals surface area (Å²) in [5.74, 6) is -0.939. The van der Waals surface area contributed by atoms with Crippen LogP contribution in [-0.4, -0.2) is 23.0 Å². The monoisotopic (exact) mass is 317 g/mol. The van der Waals surface area contributed by atoms with Crippen molar-refractivity contribution in [2.75, 3.05) is 0 Å². The Bertz CT molecular complexity index is 491. The van der Waals surface area contributed by atoms with Gasteiger partial charge in [0, 0.05) is 12.5 Å². The van der Waals surface area contributed by atoms with Gasteiger partial charge in [-0.3, -0.25) is 9.59 Å². The normalized spacial score (nSPS) is 11.9. The fourth-order valence-corrected chi connectivity index (χ4v) is 2.11. The van der Waals surface area contributed by atoms with Gasteiger partial charge < -0.3 is 10.4 Å². The molecule has 1 aromatic carbocycles. The van der Waals surface area contributed by atoms with Crippen molar-refractivity contribution in [1.82, 2.24) is 5.32 Å². The molecule has 0 saturated carbocycles. The van der Waals surface area contributed by atoms with Crippen LogP contribution in [0.2, 0.25) is 10.0 Å². The van der Waals surface area contributed by atoms with Crippen LogP contribution >= 0.6 is 23.2 Å². The van der Waals surface area contributed by atoms with E-state index in [0.717, 1.165) is 5.56 Å². The smallest absolute Gasteiger partial charge is 0.303 e. The summed E-state index contributed by atoms with van der Waals surface area (Å²) in [6.45, 7) is 1.86. The quantitative estimate of drug-likeness (QED) is 0.810. The van der Waals surface area contributed by atoms with Crippen molar-refractivity contribution in [1.29, 1.82) is 0 Å². The minimum absolute atomic E-state index is 0.0513. The summed E-state index contributed by atoms with van der Waals surface area (Å²) in [6.07, 6.45) is 1.52. The third kappa shape index (κ3) is 6.26. The SMILES string of the molecule is CC(CCCC(=O)O)NC(=O)Cc1ccc(Cl)c(Cl)c1. The van der Waals surface area contributed by atoms with Crippen molar-refractivity contribution in [3.8, 4) is 0 Å². The lowest BCUT2D eigenvalue weighted by Crippen LogP contribution is -2.33. The molecule has 0 aliphatic heterocycles. The van der Waals surface area contributed by atoms with Gasteiger partial charge in [-0.05, 0) is 37.5 Å². The van der Waals surface area contributed by atoms with Crippen molar-refractivity contribution in [2.24, 2.45) is 0 Å². The number of carbonyl (C=O) groups is 2. The zero-order chi connectivity index (χ0) is 15.1. The highest BCUT2D eigenvalue weighted by Gasteiger charge is 2.10. The highest BCUT2D eigenvalue weighted by Crippen LogP contribution is 2.22. The third-order valence-corrected chi connectivity index (χ3v) is 3.52. The maximum Gasteiger partial charge on any atom is 0.303 e. The molecule has 1 atom stereocenters. The van der Waals surface area contributed by atoms with E-state index in [1.165, 1.54) is 0 Å². The van der Waals surface area contributed by atoms with Crippen LogP contribution in [0.5, 0.6) is 0 Å². The summed E-state index contributed by atoms with van der Waals surface area (Å²) in [5, 5.41) is 12.2. The standard InChI is InChI=1S/C14H17Cl2NO3/c1-9(3-2-4-14(19)20)17-13(18)8-10-5-6-11(15)12(16)7-10/h5-7,9H,2-4,8H2,1H3,(H,17,18)(H,19,20). The van der Waals surface area contributed by atoms with Gasteiger partial charge in [-0.1, -0.05) is 29.3 Å². The number of carboxylic acids is 1. The van der Waals surface area contributed by atoms with Gasteiger partial charge in [0.05, 0.1) is 16.5 Å². The lowest BCUT2D eigenvalue weighted by Gasteiger charge is -2.13. The average Bonchev–Trinajstić information content (AvgIpc) is 2.33. The molecule has 1 rings (SSSR count). The molecule has 1 aromatic rings. The lowest BCUT2D eigenvalue weighted by atomic mass is 10.1. The fourth-order valence-electron chi connectivity index (χ4n) is 1.79. The van der Waals surface area contributed by atoms with Crippen LogP contribution < -0.4 is 5.32 Å². The second-order valence-corrected chi connectivity index (χ2v) is 5.49. The first-order valence-corrected chi connectivity index (χ1v) is 7.09. The van der Waals surface area contributed by atoms with Gasteiger partial charge in [0.15, 0.2) is 0 Å². The van der Waals surface area contributed by atoms with Gasteiger partial charge in [-0.2, -0.15) is 0 Å². The summed E-state index contributed by atoms with van der Waals surface area (Å²) in [4.78, 5) is 22.2. The van der Waals surface area contributed by atoms with Crippen LogP contribution in [-0.2, 0) is 16.0 Å². The van der Waals surface area contributed by atoms with Gasteiger partial charge >= 0.3 is 5.97 Å². The zero-order valence-corrected chi connectivity index (χ0v) is 12.7. The van der Waals surface area contributed by atoms with Gasteiger partial charge in [-0.15, -0.1) is 0 Å². The highest BCUT2D eigenvalue weighted by atomic mass is 35.5. The largest absolute Gasteiger partial charge is 0.481 e. The Hall–Kier alpha value is -1.26. The second-order valence-electron chi connectivity index (χ2n) is 4.68. The molecule has 20 heavy (non-hydrogen) atoms. The maximum absolute atomic E-state index is 11.8. The molecule has 110 valence electrons. The zero-order valence-electron chi connectivity index (χ0n) is 11.2. The van der Waals surface area contributed by atoms with Gasteiger partial charge in [0.25, 0.3) is 0 Å². The number of halogens is 2. The number of hydrogen-bond donors (Lipinski definition) is 2. The Morgan fingerprint density at radius 3 is 2.60 bits per heavy atom. The van der Waals surface area contributed by atoms with Crippen LogP contribution in [0, 0.1) is 0 Å². The Morgan fingerprint density at radius 1 is 1.30 bits per heavy atom. The molecule has 0 aliphatic rings. The van der Waals surface area contributed by atoms with Crippen molar-refractivity contribution in [3.63, 3.8) is 0 Å². The van der Waals surface area contributed by atoms with Gasteiger partial charge in [0.2, 0.25) is 5.91 Å². The molecule has 6 heteroatoms. The maximum atomic E-state index is 11.8. The van der Waals surface area contributed by atoms with Gasteiger partial charge in [0.1, 0.15) is 0 Å². The molecule has 0 bridgehead atoms. The summed E-state index contributed by atoms with van der Waals surface area (Å²) in [7, 11) is 0. The van der Waals surface area contributed by atoms with E-state index in [0.29, 0.717) is 22.9 Å². The predicted octanol–water partition coefficient (Wildman–Crippen LogP) is 3.30. The van der Waals surface area contributed by atoms with Crippen LogP contribution in [0.4, 0.5) is 0 Å². The first kappa shape index (κ1) is 16.8. The summed E-state index contributed by atoms with van der Waals surface area (Å²) in [5.41, 5.74) is 0.787. The molecular formula is C14H17Cl2NO3. The Labute approximate surface area is 128 Å². The molecular weight excluding hydrogens is 301 g/mol. The molecule has 0 spiro atoms. The summed E-state index contributed by atoms with van der Waals surface area (Å²) < 4.78 is 0. The molecule has 4 nitrogen and oxygen atoms in total. The highest BCUT2D eigenvalue weighted by molar-refractivity contribution is 6.42. The Morgan fingerprint density at radius 2 is 2.00 bits per heavy atom. The van der Waals surface area contributed by atoms with E-state index in [4.69, 9.17) is 28.3 Å². The second kappa shape index (κ2) is 8.12. The van der Waals surface area contributed by atoms with Gasteiger partial charge in [-0.25, -0.2) is 0 Å².